The van der Waals surface area contributed by atoms with Gasteiger partial charge in [-0.25, -0.2) is 4.68 Å². The smallest absolute Gasteiger partial charge is 0.171 e. The fourth-order valence-electron chi connectivity index (χ4n) is 1.59. The van der Waals surface area contributed by atoms with Crippen molar-refractivity contribution in [2.45, 2.75) is 25.5 Å². The highest BCUT2D eigenvalue weighted by atomic mass is 79.9. The number of rotatable bonds is 2. The van der Waals surface area contributed by atoms with Gasteiger partial charge in [-0.05, 0) is 35.2 Å². The molecule has 1 aliphatic heterocycles. The lowest BCUT2D eigenvalue weighted by atomic mass is 10.2. The summed E-state index contributed by atoms with van der Waals surface area (Å²) in [6, 6.07) is 0. The molecule has 4 nitrogen and oxygen atoms in total. The molecule has 1 aromatic heterocycles. The lowest BCUT2D eigenvalue weighted by Gasteiger charge is -2.23. The van der Waals surface area contributed by atoms with Crippen molar-refractivity contribution in [2.75, 3.05) is 13.7 Å². The van der Waals surface area contributed by atoms with E-state index in [1.165, 1.54) is 6.42 Å². The Morgan fingerprint density at radius 3 is 3.07 bits per heavy atom. The molecule has 78 valence electrons. The van der Waals surface area contributed by atoms with E-state index in [2.05, 4.69) is 21.0 Å². The van der Waals surface area contributed by atoms with Crippen molar-refractivity contribution in [3.63, 3.8) is 0 Å². The molecule has 1 aliphatic rings. The molecule has 0 spiro atoms. The molecule has 2 heterocycles. The average Bonchev–Trinajstić information content (AvgIpc) is 2.61. The second-order valence-corrected chi connectivity index (χ2v) is 4.02. The van der Waals surface area contributed by atoms with Crippen LogP contribution in [0.3, 0.4) is 0 Å². The quantitative estimate of drug-likeness (QED) is 0.819. The van der Waals surface area contributed by atoms with Crippen LogP contribution < -0.4 is 4.74 Å². The zero-order valence-corrected chi connectivity index (χ0v) is 9.66. The Hall–Kier alpha value is -0.550. The van der Waals surface area contributed by atoms with Crippen LogP contribution in [0.25, 0.3) is 0 Å². The Labute approximate surface area is 91.3 Å². The summed E-state index contributed by atoms with van der Waals surface area (Å²) in [7, 11) is 1.63. The molecule has 0 bridgehead atoms. The molecule has 1 fully saturated rings. The summed E-state index contributed by atoms with van der Waals surface area (Å²) >= 11 is 3.44. The molecule has 0 aliphatic carbocycles. The zero-order valence-electron chi connectivity index (χ0n) is 8.07. The Kier molecular flexibility index (Phi) is 3.08. The van der Waals surface area contributed by atoms with Gasteiger partial charge < -0.3 is 9.47 Å². The van der Waals surface area contributed by atoms with Gasteiger partial charge in [0.1, 0.15) is 4.60 Å². The number of nitrogens with zero attached hydrogens (tertiary/aromatic N) is 2. The second kappa shape index (κ2) is 4.31. The van der Waals surface area contributed by atoms with Crippen LogP contribution in [0.4, 0.5) is 0 Å². The molecule has 0 saturated carbocycles. The van der Waals surface area contributed by atoms with Gasteiger partial charge in [0.25, 0.3) is 0 Å². The van der Waals surface area contributed by atoms with E-state index in [4.69, 9.17) is 9.47 Å². The van der Waals surface area contributed by atoms with Gasteiger partial charge in [0, 0.05) is 6.61 Å². The molecule has 0 radical (unpaired) electrons. The van der Waals surface area contributed by atoms with E-state index >= 15 is 0 Å². The fraction of sp³-hybridized carbons (Fsp3) is 0.667. The Morgan fingerprint density at radius 1 is 1.64 bits per heavy atom. The molecule has 0 aromatic carbocycles. The van der Waals surface area contributed by atoms with Crippen molar-refractivity contribution in [2.24, 2.45) is 0 Å². The van der Waals surface area contributed by atoms with Crippen molar-refractivity contribution in [1.82, 2.24) is 9.78 Å². The maximum Gasteiger partial charge on any atom is 0.171 e. The number of hydrogen-bond acceptors (Lipinski definition) is 3. The van der Waals surface area contributed by atoms with E-state index in [1.54, 1.807) is 13.3 Å². The fourth-order valence-corrected chi connectivity index (χ4v) is 2.17. The third kappa shape index (κ3) is 1.79. The minimum atomic E-state index is 0.0574. The Balaban J connectivity index is 2.18. The minimum absolute atomic E-state index is 0.0574. The van der Waals surface area contributed by atoms with Crippen LogP contribution in [0, 0.1) is 0 Å². The van der Waals surface area contributed by atoms with E-state index in [0.29, 0.717) is 0 Å². The Bertz CT molecular complexity index is 308. The number of aromatic nitrogens is 2. The molecule has 1 aromatic rings. The highest BCUT2D eigenvalue weighted by Crippen LogP contribution is 2.30. The summed E-state index contributed by atoms with van der Waals surface area (Å²) in [4.78, 5) is 0. The van der Waals surface area contributed by atoms with Gasteiger partial charge in [0.05, 0.1) is 13.3 Å². The first-order valence-corrected chi connectivity index (χ1v) is 5.51. The van der Waals surface area contributed by atoms with E-state index in [0.717, 1.165) is 29.8 Å². The summed E-state index contributed by atoms with van der Waals surface area (Å²) in [5.41, 5.74) is 0. The number of halogens is 1. The summed E-state index contributed by atoms with van der Waals surface area (Å²) in [5.74, 6) is 0.749. The predicted octanol–water partition coefficient (Wildman–Crippen LogP) is 2.35. The number of hydrogen-bond donors (Lipinski definition) is 0. The van der Waals surface area contributed by atoms with Gasteiger partial charge in [-0.2, -0.15) is 5.10 Å². The van der Waals surface area contributed by atoms with Crippen molar-refractivity contribution in [1.29, 1.82) is 0 Å². The van der Waals surface area contributed by atoms with Crippen molar-refractivity contribution >= 4 is 15.9 Å². The third-order valence-electron chi connectivity index (χ3n) is 2.35. The molecule has 5 heteroatoms. The summed E-state index contributed by atoms with van der Waals surface area (Å²) in [6.07, 6.45) is 5.11. The first kappa shape index (κ1) is 9.98. The first-order chi connectivity index (χ1) is 6.83. The van der Waals surface area contributed by atoms with E-state index in [9.17, 15) is 0 Å². The van der Waals surface area contributed by atoms with Gasteiger partial charge in [0.15, 0.2) is 12.0 Å². The molecule has 14 heavy (non-hydrogen) atoms. The summed E-state index contributed by atoms with van der Waals surface area (Å²) in [5, 5.41) is 4.23. The van der Waals surface area contributed by atoms with Crippen LogP contribution in [0.15, 0.2) is 10.8 Å². The predicted molar refractivity (Wildman–Crippen MR) is 55.3 cm³/mol. The maximum atomic E-state index is 5.62. The molecule has 0 N–H and O–H groups in total. The minimum Gasteiger partial charge on any atom is -0.492 e. The van der Waals surface area contributed by atoms with Gasteiger partial charge in [-0.15, -0.1) is 0 Å². The van der Waals surface area contributed by atoms with E-state index in [1.807, 2.05) is 4.68 Å². The summed E-state index contributed by atoms with van der Waals surface area (Å²) < 4.78 is 13.4. The van der Waals surface area contributed by atoms with E-state index in [-0.39, 0.29) is 6.23 Å². The van der Waals surface area contributed by atoms with Crippen LogP contribution in [-0.4, -0.2) is 23.5 Å². The van der Waals surface area contributed by atoms with Crippen LogP contribution in [-0.2, 0) is 4.74 Å². The molecule has 1 atom stereocenters. The van der Waals surface area contributed by atoms with Crippen molar-refractivity contribution in [3.8, 4) is 5.75 Å². The monoisotopic (exact) mass is 260 g/mol. The molecule has 1 unspecified atom stereocenters. The van der Waals surface area contributed by atoms with Gasteiger partial charge in [0.2, 0.25) is 0 Å². The number of ether oxygens (including phenoxy) is 2. The van der Waals surface area contributed by atoms with Crippen molar-refractivity contribution in [3.05, 3.63) is 10.8 Å². The lowest BCUT2D eigenvalue weighted by molar-refractivity contribution is -0.0410. The van der Waals surface area contributed by atoms with Crippen molar-refractivity contribution < 1.29 is 9.47 Å². The third-order valence-corrected chi connectivity index (χ3v) is 3.11. The van der Waals surface area contributed by atoms with E-state index < -0.39 is 0 Å². The standard InChI is InChI=1S/C9H13BrN2O2/c1-13-7-6-11-12(9(7)10)8-4-2-3-5-14-8/h6,8H,2-5H2,1H3. The highest BCUT2D eigenvalue weighted by molar-refractivity contribution is 9.10. The largest absolute Gasteiger partial charge is 0.492 e. The van der Waals surface area contributed by atoms with Gasteiger partial charge in [-0.1, -0.05) is 0 Å². The SMILES string of the molecule is COc1cnn(C2CCCCO2)c1Br. The molecular weight excluding hydrogens is 248 g/mol. The second-order valence-electron chi connectivity index (χ2n) is 3.27. The van der Waals surface area contributed by atoms with Gasteiger partial charge in [-0.3, -0.25) is 0 Å². The molecular formula is C9H13BrN2O2. The average molecular weight is 261 g/mol. The Morgan fingerprint density at radius 2 is 2.50 bits per heavy atom. The van der Waals surface area contributed by atoms with Crippen LogP contribution >= 0.6 is 15.9 Å². The maximum absolute atomic E-state index is 5.62. The van der Waals surface area contributed by atoms with Crippen LogP contribution in [0.1, 0.15) is 25.5 Å². The lowest BCUT2D eigenvalue weighted by Crippen LogP contribution is -2.19. The summed E-state index contributed by atoms with van der Waals surface area (Å²) in [6.45, 7) is 0.819. The molecule has 2 rings (SSSR count). The normalized spacial score (nSPS) is 22.3. The number of methoxy groups -OCH3 is 1. The van der Waals surface area contributed by atoms with Crippen LogP contribution in [0.2, 0.25) is 0 Å². The molecule has 0 amide bonds. The van der Waals surface area contributed by atoms with Gasteiger partial charge >= 0.3 is 0 Å². The topological polar surface area (TPSA) is 36.3 Å². The molecule has 1 saturated heterocycles. The zero-order chi connectivity index (χ0) is 9.97. The highest BCUT2D eigenvalue weighted by Gasteiger charge is 2.20. The first-order valence-electron chi connectivity index (χ1n) is 4.71. The van der Waals surface area contributed by atoms with Crippen LogP contribution in [0.5, 0.6) is 5.75 Å².